The first-order chi connectivity index (χ1) is 9.52. The van der Waals surface area contributed by atoms with E-state index in [-0.39, 0.29) is 12.5 Å². The molecule has 0 saturated heterocycles. The maximum atomic E-state index is 11.5. The van der Waals surface area contributed by atoms with Crippen LogP contribution < -0.4 is 10.6 Å². The van der Waals surface area contributed by atoms with Gasteiger partial charge in [0.1, 0.15) is 6.54 Å². The molecule has 0 aliphatic rings. The number of thiophene rings is 1. The SMILES string of the molecule is CCNC(=NCC(=O)N(C)C)NCCc1ccc(Br)s1. The van der Waals surface area contributed by atoms with Gasteiger partial charge in [-0.2, -0.15) is 0 Å². The molecule has 0 fully saturated rings. The molecule has 0 unspecified atom stereocenters. The Hall–Kier alpha value is -1.08. The van der Waals surface area contributed by atoms with E-state index in [1.807, 2.05) is 6.92 Å². The fourth-order valence-corrected chi connectivity index (χ4v) is 2.90. The highest BCUT2D eigenvalue weighted by atomic mass is 79.9. The Bertz CT molecular complexity index is 459. The normalized spacial score (nSPS) is 11.3. The van der Waals surface area contributed by atoms with Crippen LogP contribution in [0.4, 0.5) is 0 Å². The summed E-state index contributed by atoms with van der Waals surface area (Å²) >= 11 is 5.18. The number of hydrogen-bond acceptors (Lipinski definition) is 3. The van der Waals surface area contributed by atoms with Crippen molar-refractivity contribution in [2.75, 3.05) is 33.7 Å². The summed E-state index contributed by atoms with van der Waals surface area (Å²) < 4.78 is 1.14. The molecule has 0 spiro atoms. The van der Waals surface area contributed by atoms with Crippen LogP contribution in [-0.4, -0.2) is 50.5 Å². The quantitative estimate of drug-likeness (QED) is 0.599. The van der Waals surface area contributed by atoms with Gasteiger partial charge < -0.3 is 15.5 Å². The van der Waals surface area contributed by atoms with Crippen LogP contribution in [0.5, 0.6) is 0 Å². The van der Waals surface area contributed by atoms with Gasteiger partial charge in [0.15, 0.2) is 5.96 Å². The summed E-state index contributed by atoms with van der Waals surface area (Å²) in [4.78, 5) is 18.6. The third-order valence-electron chi connectivity index (χ3n) is 2.51. The van der Waals surface area contributed by atoms with Crippen LogP contribution in [0, 0.1) is 0 Å². The molecule has 0 radical (unpaired) electrons. The fourth-order valence-electron chi connectivity index (χ4n) is 1.42. The molecule has 2 N–H and O–H groups in total. The van der Waals surface area contributed by atoms with Crippen LogP contribution in [-0.2, 0) is 11.2 Å². The topological polar surface area (TPSA) is 56.7 Å². The molecule has 1 amide bonds. The summed E-state index contributed by atoms with van der Waals surface area (Å²) in [6.45, 7) is 3.72. The van der Waals surface area contributed by atoms with Crippen molar-refractivity contribution in [1.82, 2.24) is 15.5 Å². The Kier molecular flexibility index (Phi) is 7.61. The second kappa shape index (κ2) is 8.97. The van der Waals surface area contributed by atoms with Crippen LogP contribution in [0.1, 0.15) is 11.8 Å². The second-order valence-corrected chi connectivity index (χ2v) is 6.91. The molecule has 20 heavy (non-hydrogen) atoms. The van der Waals surface area contributed by atoms with Gasteiger partial charge in [0.2, 0.25) is 5.91 Å². The lowest BCUT2D eigenvalue weighted by molar-refractivity contribution is -0.127. The molecule has 1 heterocycles. The van der Waals surface area contributed by atoms with Gasteiger partial charge in [-0.3, -0.25) is 4.79 Å². The maximum Gasteiger partial charge on any atom is 0.243 e. The molecule has 5 nitrogen and oxygen atoms in total. The second-order valence-electron chi connectivity index (χ2n) is 4.37. The van der Waals surface area contributed by atoms with Gasteiger partial charge in [-0.05, 0) is 41.4 Å². The van der Waals surface area contributed by atoms with Crippen molar-refractivity contribution in [3.05, 3.63) is 20.8 Å². The summed E-state index contributed by atoms with van der Waals surface area (Å²) in [6.07, 6.45) is 0.933. The van der Waals surface area contributed by atoms with E-state index < -0.39 is 0 Å². The lowest BCUT2D eigenvalue weighted by Gasteiger charge is -2.12. The van der Waals surface area contributed by atoms with Crippen molar-refractivity contribution in [2.24, 2.45) is 4.99 Å². The van der Waals surface area contributed by atoms with Crippen LogP contribution >= 0.6 is 27.3 Å². The van der Waals surface area contributed by atoms with Crippen molar-refractivity contribution in [2.45, 2.75) is 13.3 Å². The average molecular weight is 361 g/mol. The Labute approximate surface area is 132 Å². The molecule has 0 aliphatic carbocycles. The highest BCUT2D eigenvalue weighted by molar-refractivity contribution is 9.11. The summed E-state index contributed by atoms with van der Waals surface area (Å²) in [5.41, 5.74) is 0. The third-order valence-corrected chi connectivity index (χ3v) is 4.19. The number of amides is 1. The van der Waals surface area contributed by atoms with Crippen LogP contribution in [0.2, 0.25) is 0 Å². The number of nitrogens with one attached hydrogen (secondary N) is 2. The number of halogens is 1. The molecule has 7 heteroatoms. The van der Waals surface area contributed by atoms with Gasteiger partial charge in [0.05, 0.1) is 3.79 Å². The first kappa shape index (κ1) is 17.0. The van der Waals surface area contributed by atoms with Gasteiger partial charge in [0.25, 0.3) is 0 Å². The van der Waals surface area contributed by atoms with Crippen molar-refractivity contribution in [3.63, 3.8) is 0 Å². The molecule has 1 aromatic heterocycles. The number of hydrogen-bond donors (Lipinski definition) is 2. The Balaban J connectivity index is 2.42. The zero-order valence-electron chi connectivity index (χ0n) is 12.1. The first-order valence-corrected chi connectivity index (χ1v) is 8.10. The summed E-state index contributed by atoms with van der Waals surface area (Å²) in [5, 5.41) is 6.36. The Morgan fingerprint density at radius 1 is 1.40 bits per heavy atom. The lowest BCUT2D eigenvalue weighted by Crippen LogP contribution is -2.39. The number of carbonyl (C=O) groups excluding carboxylic acids is 1. The number of rotatable bonds is 6. The van der Waals surface area contributed by atoms with E-state index in [9.17, 15) is 4.79 Å². The van der Waals surface area contributed by atoms with Crippen LogP contribution in [0.15, 0.2) is 20.9 Å². The fraction of sp³-hybridized carbons (Fsp3) is 0.538. The number of guanidine groups is 1. The standard InChI is InChI=1S/C13H21BrN4OS/c1-4-15-13(17-9-12(19)18(2)3)16-8-7-10-5-6-11(14)20-10/h5-6H,4,7-9H2,1-3H3,(H2,15,16,17). The van der Waals surface area contributed by atoms with E-state index in [0.29, 0.717) is 5.96 Å². The highest BCUT2D eigenvalue weighted by Gasteiger charge is 2.04. The number of carbonyl (C=O) groups is 1. The number of likely N-dealkylation sites (N-methyl/N-ethyl adjacent to an activating group) is 1. The molecule has 0 aromatic carbocycles. The highest BCUT2D eigenvalue weighted by Crippen LogP contribution is 2.21. The summed E-state index contributed by atoms with van der Waals surface area (Å²) in [5.74, 6) is 0.669. The zero-order valence-corrected chi connectivity index (χ0v) is 14.5. The molecular formula is C13H21BrN4OS. The Morgan fingerprint density at radius 2 is 2.15 bits per heavy atom. The summed E-state index contributed by atoms with van der Waals surface area (Å²) in [7, 11) is 3.46. The van der Waals surface area contributed by atoms with E-state index in [0.717, 1.165) is 23.3 Å². The average Bonchev–Trinajstić information content (AvgIpc) is 2.81. The molecule has 1 rings (SSSR count). The summed E-state index contributed by atoms with van der Waals surface area (Å²) in [6, 6.07) is 4.16. The minimum atomic E-state index is -0.00982. The molecule has 0 bridgehead atoms. The zero-order chi connectivity index (χ0) is 15.0. The Morgan fingerprint density at radius 3 is 2.70 bits per heavy atom. The maximum absolute atomic E-state index is 11.5. The van der Waals surface area contributed by atoms with E-state index in [1.54, 1.807) is 25.4 Å². The monoisotopic (exact) mass is 360 g/mol. The first-order valence-electron chi connectivity index (χ1n) is 6.49. The van der Waals surface area contributed by atoms with Crippen molar-refractivity contribution in [1.29, 1.82) is 0 Å². The molecule has 1 aromatic rings. The molecule has 0 aliphatic heterocycles. The van der Waals surface area contributed by atoms with Gasteiger partial charge in [-0.15, -0.1) is 11.3 Å². The minimum Gasteiger partial charge on any atom is -0.357 e. The molecule has 0 atom stereocenters. The lowest BCUT2D eigenvalue weighted by atomic mass is 10.3. The van der Waals surface area contributed by atoms with Crippen LogP contribution in [0.3, 0.4) is 0 Å². The number of nitrogens with zero attached hydrogens (tertiary/aromatic N) is 2. The molecular weight excluding hydrogens is 340 g/mol. The van der Waals surface area contributed by atoms with Crippen molar-refractivity contribution < 1.29 is 4.79 Å². The van der Waals surface area contributed by atoms with Gasteiger partial charge >= 0.3 is 0 Å². The van der Waals surface area contributed by atoms with Gasteiger partial charge in [-0.1, -0.05) is 0 Å². The molecule has 112 valence electrons. The van der Waals surface area contributed by atoms with Gasteiger partial charge in [-0.25, -0.2) is 4.99 Å². The smallest absolute Gasteiger partial charge is 0.243 e. The van der Waals surface area contributed by atoms with Gasteiger partial charge in [0, 0.05) is 32.1 Å². The van der Waals surface area contributed by atoms with E-state index in [1.165, 1.54) is 9.78 Å². The predicted molar refractivity (Wildman–Crippen MR) is 88.4 cm³/mol. The van der Waals surface area contributed by atoms with Crippen molar-refractivity contribution in [3.8, 4) is 0 Å². The predicted octanol–water partition coefficient (Wildman–Crippen LogP) is 1.70. The van der Waals surface area contributed by atoms with Crippen LogP contribution in [0.25, 0.3) is 0 Å². The largest absolute Gasteiger partial charge is 0.357 e. The van der Waals surface area contributed by atoms with Crippen molar-refractivity contribution >= 4 is 39.1 Å². The number of aliphatic imine (C=N–C) groups is 1. The minimum absolute atomic E-state index is 0.00982. The third kappa shape index (κ3) is 6.38. The van der Waals surface area contributed by atoms with E-state index in [4.69, 9.17) is 0 Å². The molecule has 0 saturated carbocycles. The van der Waals surface area contributed by atoms with E-state index >= 15 is 0 Å². The van der Waals surface area contributed by atoms with E-state index in [2.05, 4.69) is 43.7 Å².